The van der Waals surface area contributed by atoms with Gasteiger partial charge < -0.3 is 15.3 Å². The molecule has 1 aromatic heterocycles. The molecular formula is C14H22N2O2S. The Bertz CT molecular complexity index is 413. The average Bonchev–Trinajstić information content (AvgIpc) is 2.86. The molecule has 106 valence electrons. The number of nitrogens with one attached hydrogen (secondary N) is 1. The van der Waals surface area contributed by atoms with Crippen LogP contribution in [0.5, 0.6) is 0 Å². The van der Waals surface area contributed by atoms with E-state index in [1.54, 1.807) is 0 Å². The molecule has 1 aromatic rings. The van der Waals surface area contributed by atoms with Crippen LogP contribution in [0.4, 0.5) is 0 Å². The summed E-state index contributed by atoms with van der Waals surface area (Å²) in [4.78, 5) is 14.0. The van der Waals surface area contributed by atoms with Crippen LogP contribution in [0.1, 0.15) is 41.4 Å². The monoisotopic (exact) mass is 282 g/mol. The summed E-state index contributed by atoms with van der Waals surface area (Å²) in [5.41, 5.74) is 0.892. The SMILES string of the molecule is CC(CN1CCCCC1)NCc1ccsc1C(=O)O. The number of carboxylic acid groups (broad SMARTS) is 1. The summed E-state index contributed by atoms with van der Waals surface area (Å²) in [7, 11) is 0. The molecule has 4 nitrogen and oxygen atoms in total. The molecule has 2 rings (SSSR count). The smallest absolute Gasteiger partial charge is 0.346 e. The van der Waals surface area contributed by atoms with Gasteiger partial charge >= 0.3 is 5.97 Å². The quantitative estimate of drug-likeness (QED) is 0.841. The molecule has 0 radical (unpaired) electrons. The van der Waals surface area contributed by atoms with E-state index in [0.717, 1.165) is 12.1 Å². The lowest BCUT2D eigenvalue weighted by molar-refractivity contribution is 0.0701. The molecule has 1 unspecified atom stereocenters. The summed E-state index contributed by atoms with van der Waals surface area (Å²) in [6.45, 7) is 6.25. The topological polar surface area (TPSA) is 52.6 Å². The van der Waals surface area contributed by atoms with Crippen LogP contribution >= 0.6 is 11.3 Å². The second-order valence-corrected chi connectivity index (χ2v) is 6.14. The number of nitrogens with zero attached hydrogens (tertiary/aromatic N) is 1. The lowest BCUT2D eigenvalue weighted by Gasteiger charge is -2.29. The van der Waals surface area contributed by atoms with E-state index in [-0.39, 0.29) is 0 Å². The van der Waals surface area contributed by atoms with Crippen molar-refractivity contribution >= 4 is 17.3 Å². The van der Waals surface area contributed by atoms with E-state index in [4.69, 9.17) is 5.11 Å². The molecule has 0 amide bonds. The van der Waals surface area contributed by atoms with Crippen molar-refractivity contribution in [1.29, 1.82) is 0 Å². The summed E-state index contributed by atoms with van der Waals surface area (Å²) in [6.07, 6.45) is 3.97. The van der Waals surface area contributed by atoms with E-state index in [2.05, 4.69) is 17.1 Å². The van der Waals surface area contributed by atoms with Crippen LogP contribution in [-0.4, -0.2) is 41.7 Å². The zero-order chi connectivity index (χ0) is 13.7. The molecule has 1 aliphatic rings. The second kappa shape index (κ2) is 7.03. The third-order valence-electron chi connectivity index (χ3n) is 3.56. The molecule has 0 saturated carbocycles. The standard InChI is InChI=1S/C14H22N2O2S/c1-11(10-16-6-3-2-4-7-16)15-9-12-5-8-19-13(12)14(17)18/h5,8,11,15H,2-4,6-7,9-10H2,1H3,(H,17,18). The molecule has 2 N–H and O–H groups in total. The Balaban J connectivity index is 1.77. The van der Waals surface area contributed by atoms with Gasteiger partial charge in [-0.1, -0.05) is 6.42 Å². The summed E-state index contributed by atoms with van der Waals surface area (Å²) < 4.78 is 0. The van der Waals surface area contributed by atoms with E-state index < -0.39 is 5.97 Å². The molecule has 1 aliphatic heterocycles. The van der Waals surface area contributed by atoms with Crippen molar-refractivity contribution in [3.8, 4) is 0 Å². The van der Waals surface area contributed by atoms with Gasteiger partial charge in [0.15, 0.2) is 0 Å². The zero-order valence-electron chi connectivity index (χ0n) is 11.4. The third kappa shape index (κ3) is 4.30. The largest absolute Gasteiger partial charge is 0.477 e. The number of aromatic carboxylic acids is 1. The fourth-order valence-corrected chi connectivity index (χ4v) is 3.30. The van der Waals surface area contributed by atoms with Gasteiger partial charge in [0, 0.05) is 19.1 Å². The summed E-state index contributed by atoms with van der Waals surface area (Å²) in [5.74, 6) is -0.824. The molecule has 5 heteroatoms. The minimum absolute atomic E-state index is 0.389. The summed E-state index contributed by atoms with van der Waals surface area (Å²) in [5, 5.41) is 14.3. The Morgan fingerprint density at radius 3 is 2.89 bits per heavy atom. The van der Waals surface area contributed by atoms with Crippen LogP contribution in [0.15, 0.2) is 11.4 Å². The fourth-order valence-electron chi connectivity index (χ4n) is 2.54. The van der Waals surface area contributed by atoms with Crippen LogP contribution in [0.3, 0.4) is 0 Å². The van der Waals surface area contributed by atoms with Gasteiger partial charge in [0.25, 0.3) is 0 Å². The Labute approximate surface area is 118 Å². The van der Waals surface area contributed by atoms with Crippen LogP contribution in [0.2, 0.25) is 0 Å². The first-order valence-electron chi connectivity index (χ1n) is 6.92. The van der Waals surface area contributed by atoms with Gasteiger partial charge in [-0.3, -0.25) is 0 Å². The van der Waals surface area contributed by atoms with E-state index in [0.29, 0.717) is 17.5 Å². The van der Waals surface area contributed by atoms with Gasteiger partial charge in [-0.15, -0.1) is 11.3 Å². The second-order valence-electron chi connectivity index (χ2n) is 5.22. The van der Waals surface area contributed by atoms with Crippen molar-refractivity contribution < 1.29 is 9.90 Å². The van der Waals surface area contributed by atoms with Crippen LogP contribution in [-0.2, 0) is 6.54 Å². The molecule has 19 heavy (non-hydrogen) atoms. The normalized spacial score (nSPS) is 18.4. The highest BCUT2D eigenvalue weighted by atomic mass is 32.1. The maximum Gasteiger partial charge on any atom is 0.346 e. The lowest BCUT2D eigenvalue weighted by Crippen LogP contribution is -2.41. The minimum Gasteiger partial charge on any atom is -0.477 e. The highest BCUT2D eigenvalue weighted by molar-refractivity contribution is 7.12. The lowest BCUT2D eigenvalue weighted by atomic mass is 10.1. The molecule has 1 fully saturated rings. The van der Waals surface area contributed by atoms with Gasteiger partial charge in [0.1, 0.15) is 4.88 Å². The fraction of sp³-hybridized carbons (Fsp3) is 0.643. The number of hydrogen-bond acceptors (Lipinski definition) is 4. The molecular weight excluding hydrogens is 260 g/mol. The van der Waals surface area contributed by atoms with Crippen LogP contribution in [0.25, 0.3) is 0 Å². The minimum atomic E-state index is -0.824. The number of carbonyl (C=O) groups is 1. The number of piperidine rings is 1. The van der Waals surface area contributed by atoms with Gasteiger partial charge in [0.05, 0.1) is 0 Å². The van der Waals surface area contributed by atoms with Crippen molar-refractivity contribution in [2.75, 3.05) is 19.6 Å². The molecule has 1 atom stereocenters. The summed E-state index contributed by atoms with van der Waals surface area (Å²) >= 11 is 1.30. The third-order valence-corrected chi connectivity index (χ3v) is 4.51. The Morgan fingerprint density at radius 1 is 1.47 bits per heavy atom. The first kappa shape index (κ1) is 14.5. The number of thiophene rings is 1. The van der Waals surface area contributed by atoms with E-state index in [9.17, 15) is 4.79 Å². The average molecular weight is 282 g/mol. The maximum absolute atomic E-state index is 11.0. The molecule has 0 spiro atoms. The van der Waals surface area contributed by atoms with E-state index in [1.165, 1.54) is 43.7 Å². The highest BCUT2D eigenvalue weighted by Gasteiger charge is 2.15. The van der Waals surface area contributed by atoms with Gasteiger partial charge in [0.2, 0.25) is 0 Å². The Morgan fingerprint density at radius 2 is 2.21 bits per heavy atom. The number of rotatable bonds is 6. The highest BCUT2D eigenvalue weighted by Crippen LogP contribution is 2.16. The van der Waals surface area contributed by atoms with Gasteiger partial charge in [-0.25, -0.2) is 4.79 Å². The first-order chi connectivity index (χ1) is 9.16. The molecule has 0 bridgehead atoms. The predicted molar refractivity (Wildman–Crippen MR) is 77.9 cm³/mol. The van der Waals surface area contributed by atoms with Gasteiger partial charge in [-0.05, 0) is 49.9 Å². The van der Waals surface area contributed by atoms with Crippen molar-refractivity contribution in [3.63, 3.8) is 0 Å². The number of likely N-dealkylation sites (tertiary alicyclic amines) is 1. The molecule has 0 aliphatic carbocycles. The van der Waals surface area contributed by atoms with Crippen LogP contribution < -0.4 is 5.32 Å². The molecule has 0 aromatic carbocycles. The number of carboxylic acids is 1. The van der Waals surface area contributed by atoms with Crippen LogP contribution in [0, 0.1) is 0 Å². The molecule has 1 saturated heterocycles. The predicted octanol–water partition coefficient (Wildman–Crippen LogP) is 2.41. The number of hydrogen-bond donors (Lipinski definition) is 2. The summed E-state index contributed by atoms with van der Waals surface area (Å²) in [6, 6.07) is 2.29. The maximum atomic E-state index is 11.0. The Kier molecular flexibility index (Phi) is 5.36. The van der Waals surface area contributed by atoms with E-state index >= 15 is 0 Å². The van der Waals surface area contributed by atoms with Crippen molar-refractivity contribution in [1.82, 2.24) is 10.2 Å². The van der Waals surface area contributed by atoms with Gasteiger partial charge in [-0.2, -0.15) is 0 Å². The first-order valence-corrected chi connectivity index (χ1v) is 7.80. The Hall–Kier alpha value is -0.910. The zero-order valence-corrected chi connectivity index (χ0v) is 12.2. The van der Waals surface area contributed by atoms with E-state index in [1.807, 2.05) is 11.4 Å². The van der Waals surface area contributed by atoms with Crippen molar-refractivity contribution in [2.45, 2.75) is 38.8 Å². The molecule has 2 heterocycles. The van der Waals surface area contributed by atoms with Crippen molar-refractivity contribution in [2.24, 2.45) is 0 Å². The van der Waals surface area contributed by atoms with Crippen molar-refractivity contribution in [3.05, 3.63) is 21.9 Å².